The van der Waals surface area contributed by atoms with Gasteiger partial charge in [0.15, 0.2) is 5.72 Å². The summed E-state index contributed by atoms with van der Waals surface area (Å²) in [7, 11) is 1.66. The topological polar surface area (TPSA) is 79.3 Å². The van der Waals surface area contributed by atoms with Crippen molar-refractivity contribution in [3.05, 3.63) is 144 Å². The molecule has 1 atom stereocenters. The Bertz CT molecular complexity index is 1490. The van der Waals surface area contributed by atoms with Gasteiger partial charge >= 0.3 is 0 Å². The highest BCUT2D eigenvalue weighted by molar-refractivity contribution is 5.73. The van der Waals surface area contributed by atoms with Crippen LogP contribution in [0.5, 0.6) is 5.75 Å². The van der Waals surface area contributed by atoms with E-state index in [1.165, 1.54) is 0 Å². The molecule has 5 aromatic rings. The maximum absolute atomic E-state index is 12.6. The third kappa shape index (κ3) is 3.93. The van der Waals surface area contributed by atoms with Crippen LogP contribution >= 0.6 is 0 Å². The van der Waals surface area contributed by atoms with E-state index < -0.39 is 11.4 Å². The van der Waals surface area contributed by atoms with Crippen molar-refractivity contribution in [3.8, 4) is 16.9 Å². The second-order valence-corrected chi connectivity index (χ2v) is 9.05. The molecule has 0 saturated carbocycles. The van der Waals surface area contributed by atoms with Crippen LogP contribution in [0.4, 0.5) is 5.69 Å². The van der Waals surface area contributed by atoms with E-state index in [1.54, 1.807) is 31.9 Å². The van der Waals surface area contributed by atoms with Crippen molar-refractivity contribution in [1.29, 1.82) is 0 Å². The number of benzene rings is 3. The van der Waals surface area contributed by atoms with E-state index in [0.717, 1.165) is 39.3 Å². The van der Waals surface area contributed by atoms with Crippen molar-refractivity contribution >= 4 is 5.69 Å². The largest absolute Gasteiger partial charge is 0.497 e. The first-order valence-electron chi connectivity index (χ1n) is 12.1. The second-order valence-electron chi connectivity index (χ2n) is 9.05. The number of methoxy groups -OCH3 is 1. The first kappa shape index (κ1) is 22.9. The lowest BCUT2D eigenvalue weighted by atomic mass is 9.82. The van der Waals surface area contributed by atoms with Crippen molar-refractivity contribution in [2.45, 2.75) is 11.4 Å². The average molecular weight is 487 g/mol. The summed E-state index contributed by atoms with van der Waals surface area (Å²) in [6, 6.07) is 31.4. The van der Waals surface area contributed by atoms with E-state index in [2.05, 4.69) is 26.7 Å². The predicted molar refractivity (Wildman–Crippen MR) is 144 cm³/mol. The number of pyridine rings is 2. The average Bonchev–Trinajstić information content (AvgIpc) is 2.98. The molecule has 1 unspecified atom stereocenters. The number of rotatable bonds is 5. The van der Waals surface area contributed by atoms with Crippen LogP contribution in [0, 0.1) is 0 Å². The highest BCUT2D eigenvalue weighted by Gasteiger charge is 2.49. The van der Waals surface area contributed by atoms with Gasteiger partial charge in [-0.15, -0.1) is 0 Å². The molecule has 0 fully saturated rings. The van der Waals surface area contributed by atoms with E-state index in [4.69, 9.17) is 4.74 Å². The van der Waals surface area contributed by atoms with Gasteiger partial charge in [-0.3, -0.25) is 15.3 Å². The first-order valence-corrected chi connectivity index (χ1v) is 12.1. The molecule has 2 aromatic heterocycles. The normalized spacial score (nSPS) is 17.9. The number of fused-ring (bicyclic) bond motifs is 1. The Morgan fingerprint density at radius 3 is 2.03 bits per heavy atom. The summed E-state index contributed by atoms with van der Waals surface area (Å²) in [5, 5.41) is 19.9. The zero-order valence-corrected chi connectivity index (χ0v) is 20.3. The lowest BCUT2D eigenvalue weighted by Crippen LogP contribution is -2.63. The van der Waals surface area contributed by atoms with Gasteiger partial charge in [0.05, 0.1) is 7.11 Å². The van der Waals surface area contributed by atoms with Gasteiger partial charge in [0.1, 0.15) is 11.4 Å². The fourth-order valence-corrected chi connectivity index (χ4v) is 5.04. The molecule has 1 aliphatic rings. The summed E-state index contributed by atoms with van der Waals surface area (Å²) in [5.74, 6) is 0.775. The van der Waals surface area contributed by atoms with Gasteiger partial charge in [0.25, 0.3) is 0 Å². The van der Waals surface area contributed by atoms with Crippen molar-refractivity contribution in [1.82, 2.24) is 15.3 Å². The molecular weight excluding hydrogens is 460 g/mol. The summed E-state index contributed by atoms with van der Waals surface area (Å²) in [4.78, 5) is 8.77. The number of anilines is 1. The van der Waals surface area contributed by atoms with Crippen LogP contribution in [0.25, 0.3) is 11.1 Å². The van der Waals surface area contributed by atoms with Crippen molar-refractivity contribution in [2.75, 3.05) is 12.4 Å². The van der Waals surface area contributed by atoms with E-state index in [0.29, 0.717) is 5.56 Å². The maximum atomic E-state index is 12.6. The number of ether oxygens (including phenoxy) is 1. The van der Waals surface area contributed by atoms with Crippen LogP contribution in [0.3, 0.4) is 0 Å². The maximum Gasteiger partial charge on any atom is 0.172 e. The molecule has 6 heteroatoms. The lowest BCUT2D eigenvalue weighted by molar-refractivity contribution is 0.0131. The van der Waals surface area contributed by atoms with Gasteiger partial charge in [-0.2, -0.15) is 0 Å². The van der Waals surface area contributed by atoms with Crippen LogP contribution < -0.4 is 15.4 Å². The quantitative estimate of drug-likeness (QED) is 0.314. The highest BCUT2D eigenvalue weighted by atomic mass is 16.5. The standard InChI is InChI=1S/C31H26N4O2/c1-37-27-13-5-8-22(18-27)23-14-15-29-28(19-23)31(36,24-9-3-2-4-10-24)35-30(34-29,25-11-6-16-32-20-25)26-12-7-17-33-21-26/h2-21,34-36H,1H3. The molecule has 0 radical (unpaired) electrons. The molecule has 0 spiro atoms. The van der Waals surface area contributed by atoms with Gasteiger partial charge in [0, 0.05) is 52.7 Å². The van der Waals surface area contributed by atoms with Crippen LogP contribution in [-0.4, -0.2) is 22.2 Å². The molecule has 0 amide bonds. The minimum Gasteiger partial charge on any atom is -0.497 e. The van der Waals surface area contributed by atoms with Gasteiger partial charge < -0.3 is 15.2 Å². The van der Waals surface area contributed by atoms with Crippen molar-refractivity contribution in [2.24, 2.45) is 0 Å². The third-order valence-electron chi connectivity index (χ3n) is 6.88. The highest BCUT2D eigenvalue weighted by Crippen LogP contribution is 2.46. The number of aromatic nitrogens is 2. The number of nitrogens with one attached hydrogen (secondary N) is 2. The molecule has 0 aliphatic carbocycles. The van der Waals surface area contributed by atoms with Gasteiger partial charge in [0.2, 0.25) is 0 Å². The van der Waals surface area contributed by atoms with E-state index >= 15 is 0 Å². The third-order valence-corrected chi connectivity index (χ3v) is 6.88. The SMILES string of the molecule is COc1cccc(-c2ccc3c(c2)C(O)(c2ccccc2)NC(c2cccnc2)(c2cccnc2)N3)c1. The van der Waals surface area contributed by atoms with E-state index in [-0.39, 0.29) is 0 Å². The van der Waals surface area contributed by atoms with Crippen molar-refractivity contribution in [3.63, 3.8) is 0 Å². The van der Waals surface area contributed by atoms with Crippen LogP contribution in [-0.2, 0) is 11.4 Å². The Labute approximate surface area is 215 Å². The molecular formula is C31H26N4O2. The number of nitrogens with zero attached hydrogens (tertiary/aromatic N) is 2. The minimum atomic E-state index is -1.54. The molecule has 3 heterocycles. The zero-order chi connectivity index (χ0) is 25.3. The smallest absolute Gasteiger partial charge is 0.172 e. The van der Waals surface area contributed by atoms with E-state index in [1.807, 2.05) is 91.0 Å². The molecule has 0 saturated heterocycles. The molecule has 0 bridgehead atoms. The molecule has 3 aromatic carbocycles. The Kier molecular flexibility index (Phi) is 5.68. The van der Waals surface area contributed by atoms with Crippen LogP contribution in [0.2, 0.25) is 0 Å². The summed E-state index contributed by atoms with van der Waals surface area (Å²) in [6.45, 7) is 0. The second kappa shape index (κ2) is 9.17. The van der Waals surface area contributed by atoms with Gasteiger partial charge in [-0.05, 0) is 47.5 Å². The number of hydrogen-bond donors (Lipinski definition) is 3. The molecule has 182 valence electrons. The molecule has 3 N–H and O–H groups in total. The van der Waals surface area contributed by atoms with Crippen LogP contribution in [0.1, 0.15) is 22.3 Å². The molecule has 1 aliphatic heterocycles. The Morgan fingerprint density at radius 1 is 0.703 bits per heavy atom. The lowest BCUT2D eigenvalue weighted by Gasteiger charge is -2.49. The number of hydrogen-bond acceptors (Lipinski definition) is 6. The summed E-state index contributed by atoms with van der Waals surface area (Å²) in [6.07, 6.45) is 7.07. The summed E-state index contributed by atoms with van der Waals surface area (Å²) >= 11 is 0. The van der Waals surface area contributed by atoms with Crippen LogP contribution in [0.15, 0.2) is 122 Å². The van der Waals surface area contributed by atoms with Crippen molar-refractivity contribution < 1.29 is 9.84 Å². The number of aliphatic hydroxyl groups is 1. The summed E-state index contributed by atoms with van der Waals surface area (Å²) < 4.78 is 5.44. The molecule has 37 heavy (non-hydrogen) atoms. The van der Waals surface area contributed by atoms with Gasteiger partial charge in [-0.1, -0.05) is 60.7 Å². The zero-order valence-electron chi connectivity index (χ0n) is 20.3. The fourth-order valence-electron chi connectivity index (χ4n) is 5.04. The van der Waals surface area contributed by atoms with E-state index in [9.17, 15) is 5.11 Å². The fraction of sp³-hybridized carbons (Fsp3) is 0.0968. The minimum absolute atomic E-state index is 0.711. The molecule has 6 rings (SSSR count). The Balaban J connectivity index is 1.60. The molecule has 6 nitrogen and oxygen atoms in total. The Hall–Kier alpha value is -4.52. The monoisotopic (exact) mass is 486 g/mol. The summed E-state index contributed by atoms with van der Waals surface area (Å²) in [5.41, 5.74) is 3.34. The van der Waals surface area contributed by atoms with Gasteiger partial charge in [-0.25, -0.2) is 0 Å². The predicted octanol–water partition coefficient (Wildman–Crippen LogP) is 5.26. The Morgan fingerprint density at radius 2 is 1.38 bits per heavy atom. The first-order chi connectivity index (χ1) is 18.1.